The molecule has 0 aliphatic rings. The molecule has 0 aromatic carbocycles. The van der Waals surface area contributed by atoms with Gasteiger partial charge in [0.25, 0.3) is 0 Å². The zero-order valence-electron chi connectivity index (χ0n) is 12.9. The molecule has 1 aromatic rings. The molecular weight excluding hydrogens is 238 g/mol. The van der Waals surface area contributed by atoms with Crippen LogP contribution in [0.5, 0.6) is 0 Å². The van der Waals surface area contributed by atoms with E-state index in [2.05, 4.69) is 41.8 Å². The van der Waals surface area contributed by atoms with Crippen LogP contribution in [-0.4, -0.2) is 29.3 Å². The van der Waals surface area contributed by atoms with Gasteiger partial charge in [0.1, 0.15) is 0 Å². The maximum absolute atomic E-state index is 5.34. The van der Waals surface area contributed by atoms with Gasteiger partial charge in [0.2, 0.25) is 5.95 Å². The minimum atomic E-state index is 0.510. The topological polar surface area (TPSA) is 39.1 Å². The van der Waals surface area contributed by atoms with E-state index in [0.717, 1.165) is 37.8 Å². The predicted molar refractivity (Wildman–Crippen MR) is 80.8 cm³/mol. The molecule has 4 heteroatoms. The average Bonchev–Trinajstić information content (AvgIpc) is 2.77. The lowest BCUT2D eigenvalue weighted by molar-refractivity contribution is 0.147. The highest BCUT2D eigenvalue weighted by molar-refractivity contribution is 5.29. The highest BCUT2D eigenvalue weighted by Crippen LogP contribution is 2.20. The molecule has 19 heavy (non-hydrogen) atoms. The summed E-state index contributed by atoms with van der Waals surface area (Å²) in [6, 6.07) is 0.510. The first-order valence-corrected chi connectivity index (χ1v) is 7.56. The summed E-state index contributed by atoms with van der Waals surface area (Å²) in [4.78, 5) is 4.57. The summed E-state index contributed by atoms with van der Waals surface area (Å²) in [6.07, 6.45) is 6.88. The van der Waals surface area contributed by atoms with Crippen molar-refractivity contribution in [1.82, 2.24) is 9.55 Å². The van der Waals surface area contributed by atoms with E-state index >= 15 is 0 Å². The standard InChI is InChI=1S/C15H29N3O/c1-5-7-9-14(4)18-12-13(3)17-15(18)16-10-8-11-19-6-2/h12,14H,5-11H2,1-4H3,(H,16,17). The first-order chi connectivity index (χ1) is 9.19. The minimum absolute atomic E-state index is 0.510. The van der Waals surface area contributed by atoms with Gasteiger partial charge in [-0.1, -0.05) is 19.8 Å². The molecule has 110 valence electrons. The van der Waals surface area contributed by atoms with Crippen LogP contribution in [0.25, 0.3) is 0 Å². The van der Waals surface area contributed by atoms with Crippen LogP contribution in [-0.2, 0) is 4.74 Å². The Hall–Kier alpha value is -1.03. The Morgan fingerprint density at radius 1 is 1.37 bits per heavy atom. The van der Waals surface area contributed by atoms with Crippen LogP contribution >= 0.6 is 0 Å². The van der Waals surface area contributed by atoms with E-state index in [1.165, 1.54) is 19.3 Å². The van der Waals surface area contributed by atoms with Gasteiger partial charge in [-0.3, -0.25) is 0 Å². The van der Waals surface area contributed by atoms with Crippen molar-refractivity contribution >= 4 is 5.95 Å². The van der Waals surface area contributed by atoms with Crippen molar-refractivity contribution in [2.24, 2.45) is 0 Å². The van der Waals surface area contributed by atoms with Crippen molar-refractivity contribution in [1.29, 1.82) is 0 Å². The number of aryl methyl sites for hydroxylation is 1. The zero-order chi connectivity index (χ0) is 14.1. The van der Waals surface area contributed by atoms with Gasteiger partial charge in [0.05, 0.1) is 5.69 Å². The fourth-order valence-corrected chi connectivity index (χ4v) is 2.14. The number of nitrogens with one attached hydrogen (secondary N) is 1. The van der Waals surface area contributed by atoms with Crippen molar-refractivity contribution in [2.45, 2.75) is 59.4 Å². The molecule has 1 heterocycles. The van der Waals surface area contributed by atoms with Gasteiger partial charge in [-0.15, -0.1) is 0 Å². The third kappa shape index (κ3) is 5.64. The quantitative estimate of drug-likeness (QED) is 0.656. The second-order valence-electron chi connectivity index (χ2n) is 5.08. The molecule has 1 N–H and O–H groups in total. The fraction of sp³-hybridized carbons (Fsp3) is 0.800. The number of unbranched alkanes of at least 4 members (excludes halogenated alkanes) is 1. The molecule has 1 aromatic heterocycles. The summed E-state index contributed by atoms with van der Waals surface area (Å²) in [5, 5.41) is 3.42. The molecule has 0 aliphatic heterocycles. The molecule has 0 fully saturated rings. The Balaban J connectivity index is 2.47. The highest BCUT2D eigenvalue weighted by Gasteiger charge is 2.11. The lowest BCUT2D eigenvalue weighted by Crippen LogP contribution is -2.13. The van der Waals surface area contributed by atoms with Crippen LogP contribution in [0.4, 0.5) is 5.95 Å². The maximum atomic E-state index is 5.34. The molecule has 0 spiro atoms. The Morgan fingerprint density at radius 2 is 2.16 bits per heavy atom. The Labute approximate surface area is 117 Å². The van der Waals surface area contributed by atoms with Gasteiger partial charge >= 0.3 is 0 Å². The van der Waals surface area contributed by atoms with Gasteiger partial charge in [-0.05, 0) is 33.6 Å². The summed E-state index contributed by atoms with van der Waals surface area (Å²) in [5.74, 6) is 0.998. The van der Waals surface area contributed by atoms with Crippen LogP contribution in [0.2, 0.25) is 0 Å². The maximum Gasteiger partial charge on any atom is 0.203 e. The van der Waals surface area contributed by atoms with Crippen molar-refractivity contribution in [3.05, 3.63) is 11.9 Å². The first-order valence-electron chi connectivity index (χ1n) is 7.56. The van der Waals surface area contributed by atoms with Gasteiger partial charge in [-0.2, -0.15) is 0 Å². The third-order valence-electron chi connectivity index (χ3n) is 3.26. The lowest BCUT2D eigenvalue weighted by atomic mass is 10.1. The van der Waals surface area contributed by atoms with Crippen molar-refractivity contribution in [3.63, 3.8) is 0 Å². The van der Waals surface area contributed by atoms with E-state index < -0.39 is 0 Å². The number of nitrogens with zero attached hydrogens (tertiary/aromatic N) is 2. The van der Waals surface area contributed by atoms with Crippen LogP contribution in [0.15, 0.2) is 6.20 Å². The molecule has 4 nitrogen and oxygen atoms in total. The van der Waals surface area contributed by atoms with Crippen LogP contribution in [0.1, 0.15) is 58.2 Å². The zero-order valence-corrected chi connectivity index (χ0v) is 12.9. The number of hydrogen-bond acceptors (Lipinski definition) is 3. The summed E-state index contributed by atoms with van der Waals surface area (Å²) in [6.45, 7) is 11.1. The van der Waals surface area contributed by atoms with E-state index in [-0.39, 0.29) is 0 Å². The Morgan fingerprint density at radius 3 is 2.84 bits per heavy atom. The van der Waals surface area contributed by atoms with E-state index in [9.17, 15) is 0 Å². The summed E-state index contributed by atoms with van der Waals surface area (Å²) < 4.78 is 7.61. The third-order valence-corrected chi connectivity index (χ3v) is 3.26. The normalized spacial score (nSPS) is 12.6. The van der Waals surface area contributed by atoms with Gasteiger partial charge < -0.3 is 14.6 Å². The van der Waals surface area contributed by atoms with Crippen LogP contribution in [0, 0.1) is 6.92 Å². The van der Waals surface area contributed by atoms with E-state index in [4.69, 9.17) is 4.74 Å². The number of hydrogen-bond donors (Lipinski definition) is 1. The van der Waals surface area contributed by atoms with Crippen LogP contribution < -0.4 is 5.32 Å². The molecular formula is C15H29N3O. The molecule has 0 aliphatic carbocycles. The van der Waals surface area contributed by atoms with Crippen molar-refractivity contribution < 1.29 is 4.74 Å². The van der Waals surface area contributed by atoms with Gasteiger partial charge in [0, 0.05) is 32.0 Å². The monoisotopic (exact) mass is 267 g/mol. The van der Waals surface area contributed by atoms with Crippen molar-refractivity contribution in [3.8, 4) is 0 Å². The molecule has 0 radical (unpaired) electrons. The smallest absolute Gasteiger partial charge is 0.203 e. The SMILES string of the molecule is CCCCC(C)n1cc(C)nc1NCCCOCC. The molecule has 0 amide bonds. The Bertz CT molecular complexity index is 349. The van der Waals surface area contributed by atoms with Crippen molar-refractivity contribution in [2.75, 3.05) is 25.1 Å². The van der Waals surface area contributed by atoms with E-state index in [0.29, 0.717) is 6.04 Å². The largest absolute Gasteiger partial charge is 0.382 e. The number of ether oxygens (including phenoxy) is 1. The average molecular weight is 267 g/mol. The molecule has 1 unspecified atom stereocenters. The fourth-order valence-electron chi connectivity index (χ4n) is 2.14. The van der Waals surface area contributed by atoms with Gasteiger partial charge in [0.15, 0.2) is 0 Å². The molecule has 1 rings (SSSR count). The summed E-state index contributed by atoms with van der Waals surface area (Å²) in [7, 11) is 0. The second kappa shape index (κ2) is 8.97. The number of aromatic nitrogens is 2. The molecule has 0 bridgehead atoms. The lowest BCUT2D eigenvalue weighted by Gasteiger charge is -2.16. The number of anilines is 1. The van der Waals surface area contributed by atoms with Gasteiger partial charge in [-0.25, -0.2) is 4.98 Å². The highest BCUT2D eigenvalue weighted by atomic mass is 16.5. The number of rotatable bonds is 10. The Kier molecular flexibility index (Phi) is 7.56. The van der Waals surface area contributed by atoms with E-state index in [1.807, 2.05) is 6.92 Å². The summed E-state index contributed by atoms with van der Waals surface area (Å²) >= 11 is 0. The van der Waals surface area contributed by atoms with E-state index in [1.54, 1.807) is 0 Å². The molecule has 0 saturated carbocycles. The molecule has 1 atom stereocenters. The summed E-state index contributed by atoms with van der Waals surface area (Å²) in [5.41, 5.74) is 1.08. The predicted octanol–water partition coefficient (Wildman–Crippen LogP) is 3.78. The first kappa shape index (κ1) is 16.0. The van der Waals surface area contributed by atoms with Crippen LogP contribution in [0.3, 0.4) is 0 Å². The molecule has 0 saturated heterocycles. The number of imidazole rings is 1. The minimum Gasteiger partial charge on any atom is -0.382 e. The second-order valence-corrected chi connectivity index (χ2v) is 5.08.